The minimum atomic E-state index is -0.280. The molecule has 0 aliphatic rings. The van der Waals surface area contributed by atoms with Crippen LogP contribution in [0.1, 0.15) is 10.4 Å². The van der Waals surface area contributed by atoms with Gasteiger partial charge >= 0.3 is 0 Å². The van der Waals surface area contributed by atoms with Crippen LogP contribution in [0.25, 0.3) is 0 Å². The third-order valence-electron chi connectivity index (χ3n) is 1.51. The molecule has 5 heteroatoms. The van der Waals surface area contributed by atoms with Gasteiger partial charge in [0.05, 0.1) is 17.7 Å². The Kier molecular flexibility index (Phi) is 3.22. The molecule has 0 saturated carbocycles. The number of nitrogens with zero attached hydrogens (tertiary/aromatic N) is 2. The van der Waals surface area contributed by atoms with Gasteiger partial charge in [-0.3, -0.25) is 14.6 Å². The van der Waals surface area contributed by atoms with E-state index in [1.807, 2.05) is 0 Å². The van der Waals surface area contributed by atoms with Crippen molar-refractivity contribution in [1.82, 2.24) is 10.0 Å². The van der Waals surface area contributed by atoms with Crippen LogP contribution in [0, 0.1) is 0 Å². The van der Waals surface area contributed by atoms with Gasteiger partial charge in [-0.25, -0.2) is 5.06 Å². The lowest BCUT2D eigenvalue weighted by Gasteiger charge is -2.12. The third kappa shape index (κ3) is 2.40. The molecular formula is C8H9ClN2O2. The molecule has 4 nitrogen and oxygen atoms in total. The highest BCUT2D eigenvalue weighted by Gasteiger charge is 2.11. The number of pyridine rings is 1. The van der Waals surface area contributed by atoms with Crippen molar-refractivity contribution in [2.45, 2.75) is 0 Å². The highest BCUT2D eigenvalue weighted by Crippen LogP contribution is 2.09. The summed E-state index contributed by atoms with van der Waals surface area (Å²) >= 11 is 5.66. The molecule has 0 aliphatic heterocycles. The van der Waals surface area contributed by atoms with E-state index in [0.29, 0.717) is 10.6 Å². The summed E-state index contributed by atoms with van der Waals surface area (Å²) < 4.78 is 0. The van der Waals surface area contributed by atoms with E-state index in [4.69, 9.17) is 16.4 Å². The minimum Gasteiger partial charge on any atom is -0.274 e. The Morgan fingerprint density at radius 1 is 1.62 bits per heavy atom. The van der Waals surface area contributed by atoms with Crippen molar-refractivity contribution in [3.8, 4) is 0 Å². The summed E-state index contributed by atoms with van der Waals surface area (Å²) in [4.78, 5) is 19.9. The monoisotopic (exact) mass is 200 g/mol. The molecule has 0 aromatic carbocycles. The number of amides is 1. The van der Waals surface area contributed by atoms with Crippen LogP contribution in [0.3, 0.4) is 0 Å². The molecule has 0 N–H and O–H groups in total. The normalized spacial score (nSPS) is 9.77. The van der Waals surface area contributed by atoms with Crippen LogP contribution in [0.2, 0.25) is 5.02 Å². The maximum absolute atomic E-state index is 11.4. The molecule has 70 valence electrons. The first-order valence-electron chi connectivity index (χ1n) is 3.58. The zero-order valence-electron chi connectivity index (χ0n) is 7.32. The number of hydrogen-bond donors (Lipinski definition) is 0. The van der Waals surface area contributed by atoms with Crippen molar-refractivity contribution in [2.75, 3.05) is 14.2 Å². The highest BCUT2D eigenvalue weighted by atomic mass is 35.5. The van der Waals surface area contributed by atoms with Crippen molar-refractivity contribution < 1.29 is 9.63 Å². The Morgan fingerprint density at radius 3 is 2.85 bits per heavy atom. The topological polar surface area (TPSA) is 42.4 Å². The average molecular weight is 201 g/mol. The first-order valence-corrected chi connectivity index (χ1v) is 3.95. The van der Waals surface area contributed by atoms with E-state index in [1.54, 1.807) is 0 Å². The van der Waals surface area contributed by atoms with E-state index < -0.39 is 0 Å². The fourth-order valence-corrected chi connectivity index (χ4v) is 0.967. The Hall–Kier alpha value is -1.13. The van der Waals surface area contributed by atoms with Crippen molar-refractivity contribution in [3.63, 3.8) is 0 Å². The predicted molar refractivity (Wildman–Crippen MR) is 48.3 cm³/mol. The van der Waals surface area contributed by atoms with E-state index in [9.17, 15) is 4.79 Å². The molecule has 1 aromatic heterocycles. The SMILES string of the molecule is CON(C)C(=O)c1cncc(Cl)c1. The molecule has 0 saturated heterocycles. The van der Waals surface area contributed by atoms with Gasteiger partial charge in [0.25, 0.3) is 5.91 Å². The summed E-state index contributed by atoms with van der Waals surface area (Å²) in [5.74, 6) is -0.280. The molecule has 1 aromatic rings. The molecule has 0 spiro atoms. The Balaban J connectivity index is 2.89. The largest absolute Gasteiger partial charge is 0.278 e. The van der Waals surface area contributed by atoms with Crippen LogP contribution in [-0.2, 0) is 4.84 Å². The van der Waals surface area contributed by atoms with Crippen LogP contribution < -0.4 is 0 Å². The Morgan fingerprint density at radius 2 is 2.31 bits per heavy atom. The number of aromatic nitrogens is 1. The van der Waals surface area contributed by atoms with Crippen molar-refractivity contribution in [2.24, 2.45) is 0 Å². The summed E-state index contributed by atoms with van der Waals surface area (Å²) in [6.45, 7) is 0. The van der Waals surface area contributed by atoms with Crippen molar-refractivity contribution >= 4 is 17.5 Å². The second kappa shape index (κ2) is 4.20. The lowest BCUT2D eigenvalue weighted by molar-refractivity contribution is -0.0757. The molecule has 0 fully saturated rings. The van der Waals surface area contributed by atoms with E-state index in [1.165, 1.54) is 32.6 Å². The quantitative estimate of drug-likeness (QED) is 0.678. The summed E-state index contributed by atoms with van der Waals surface area (Å²) in [5, 5.41) is 1.53. The second-order valence-corrected chi connectivity index (χ2v) is 2.81. The Labute approximate surface area is 81.0 Å². The maximum Gasteiger partial charge on any atom is 0.278 e. The number of carbonyl (C=O) groups excluding carboxylic acids is 1. The lowest BCUT2D eigenvalue weighted by Crippen LogP contribution is -2.25. The van der Waals surface area contributed by atoms with Gasteiger partial charge in [-0.2, -0.15) is 0 Å². The molecule has 1 amide bonds. The van der Waals surface area contributed by atoms with Gasteiger partial charge in [0.2, 0.25) is 0 Å². The number of hydrogen-bond acceptors (Lipinski definition) is 3. The first kappa shape index (κ1) is 9.95. The summed E-state index contributed by atoms with van der Waals surface area (Å²) in [7, 11) is 2.93. The predicted octanol–water partition coefficient (Wildman–Crippen LogP) is 1.37. The van der Waals surface area contributed by atoms with Gasteiger partial charge in [-0.05, 0) is 6.07 Å². The van der Waals surface area contributed by atoms with Gasteiger partial charge in [0, 0.05) is 19.4 Å². The summed E-state index contributed by atoms with van der Waals surface area (Å²) in [6.07, 6.45) is 2.90. The highest BCUT2D eigenvalue weighted by molar-refractivity contribution is 6.30. The summed E-state index contributed by atoms with van der Waals surface area (Å²) in [6, 6.07) is 1.53. The van der Waals surface area contributed by atoms with E-state index in [-0.39, 0.29) is 5.91 Å². The van der Waals surface area contributed by atoms with Crippen molar-refractivity contribution in [1.29, 1.82) is 0 Å². The molecule has 0 aliphatic carbocycles. The number of carbonyl (C=O) groups is 1. The molecule has 0 unspecified atom stereocenters. The number of rotatable bonds is 2. The summed E-state index contributed by atoms with van der Waals surface area (Å²) in [5.41, 5.74) is 0.400. The minimum absolute atomic E-state index is 0.280. The number of halogens is 1. The molecule has 0 bridgehead atoms. The zero-order chi connectivity index (χ0) is 9.84. The van der Waals surface area contributed by atoms with Crippen LogP contribution in [0.4, 0.5) is 0 Å². The number of hydroxylamine groups is 2. The van der Waals surface area contributed by atoms with Gasteiger partial charge in [0.15, 0.2) is 0 Å². The molecule has 13 heavy (non-hydrogen) atoms. The standard InChI is InChI=1S/C8H9ClN2O2/c1-11(13-2)8(12)6-3-7(9)5-10-4-6/h3-5H,1-2H3. The van der Waals surface area contributed by atoms with Crippen LogP contribution >= 0.6 is 11.6 Å². The first-order chi connectivity index (χ1) is 6.15. The van der Waals surface area contributed by atoms with Gasteiger partial charge < -0.3 is 0 Å². The third-order valence-corrected chi connectivity index (χ3v) is 1.72. The molecule has 1 heterocycles. The molecular weight excluding hydrogens is 192 g/mol. The molecule has 0 radical (unpaired) electrons. The zero-order valence-corrected chi connectivity index (χ0v) is 8.08. The molecule has 0 atom stereocenters. The Bertz CT molecular complexity index is 317. The smallest absolute Gasteiger partial charge is 0.274 e. The average Bonchev–Trinajstić information content (AvgIpc) is 2.15. The van der Waals surface area contributed by atoms with Crippen molar-refractivity contribution in [3.05, 3.63) is 29.0 Å². The maximum atomic E-state index is 11.4. The van der Waals surface area contributed by atoms with Crippen LogP contribution in [-0.4, -0.2) is 30.1 Å². The van der Waals surface area contributed by atoms with Gasteiger partial charge in [-0.1, -0.05) is 11.6 Å². The van der Waals surface area contributed by atoms with E-state index in [2.05, 4.69) is 4.98 Å². The lowest BCUT2D eigenvalue weighted by atomic mass is 10.3. The fraction of sp³-hybridized carbons (Fsp3) is 0.250. The second-order valence-electron chi connectivity index (χ2n) is 2.38. The van der Waals surface area contributed by atoms with Gasteiger partial charge in [0.1, 0.15) is 0 Å². The fourth-order valence-electron chi connectivity index (χ4n) is 0.794. The van der Waals surface area contributed by atoms with E-state index in [0.717, 1.165) is 5.06 Å². The molecule has 1 rings (SSSR count). The van der Waals surface area contributed by atoms with Crippen LogP contribution in [0.15, 0.2) is 18.5 Å². The van der Waals surface area contributed by atoms with Crippen LogP contribution in [0.5, 0.6) is 0 Å². The van der Waals surface area contributed by atoms with E-state index >= 15 is 0 Å². The van der Waals surface area contributed by atoms with Gasteiger partial charge in [-0.15, -0.1) is 0 Å².